The summed E-state index contributed by atoms with van der Waals surface area (Å²) in [4.78, 5) is 16.1. The van der Waals surface area contributed by atoms with Crippen molar-refractivity contribution in [1.29, 1.82) is 0 Å². The summed E-state index contributed by atoms with van der Waals surface area (Å²) >= 11 is 7.92. The lowest BCUT2D eigenvalue weighted by molar-refractivity contribution is -0.127. The molecule has 1 aromatic heterocycles. The molecule has 2 heterocycles. The van der Waals surface area contributed by atoms with E-state index in [4.69, 9.17) is 11.6 Å². The number of carbonyl (C=O) groups excluding carboxylic acids is 1. The number of phenols is 1. The van der Waals surface area contributed by atoms with Crippen LogP contribution in [0.3, 0.4) is 0 Å². The highest BCUT2D eigenvalue weighted by Crippen LogP contribution is 2.44. The van der Waals surface area contributed by atoms with Crippen molar-refractivity contribution in [2.24, 2.45) is 0 Å². The average Bonchev–Trinajstić information content (AvgIpc) is 3.21. The summed E-state index contributed by atoms with van der Waals surface area (Å²) < 4.78 is 20.4. The fourth-order valence-electron chi connectivity index (χ4n) is 4.97. The number of hydrogen-bond donors (Lipinski definition) is 1. The third-order valence-corrected chi connectivity index (χ3v) is 7.58. The molecule has 174 valence electrons. The van der Waals surface area contributed by atoms with Crippen LogP contribution in [0.15, 0.2) is 55.1 Å². The third kappa shape index (κ3) is 3.60. The van der Waals surface area contributed by atoms with Crippen LogP contribution >= 0.6 is 23.1 Å². The second-order valence-electron chi connectivity index (χ2n) is 8.70. The molecular formula is C26H23ClFN3O2S. The second kappa shape index (κ2) is 8.56. The molecule has 0 aliphatic carbocycles. The van der Waals surface area contributed by atoms with Crippen LogP contribution < -0.4 is 4.90 Å². The predicted octanol–water partition coefficient (Wildman–Crippen LogP) is 6.23. The summed E-state index contributed by atoms with van der Waals surface area (Å²) in [6, 6.07) is 12.4. The van der Waals surface area contributed by atoms with Gasteiger partial charge in [-0.2, -0.15) is 4.37 Å². The summed E-state index contributed by atoms with van der Waals surface area (Å²) in [5, 5.41) is 13.6. The smallest absolute Gasteiger partial charge is 0.246 e. The highest BCUT2D eigenvalue weighted by atomic mass is 35.5. The Kier molecular flexibility index (Phi) is 5.70. The quantitative estimate of drug-likeness (QED) is 0.342. The molecule has 2 atom stereocenters. The number of nitrogens with zero attached hydrogens (tertiary/aromatic N) is 3. The lowest BCUT2D eigenvalue weighted by Gasteiger charge is -2.44. The molecule has 1 aliphatic rings. The molecule has 0 radical (unpaired) electrons. The first-order chi connectivity index (χ1) is 16.3. The van der Waals surface area contributed by atoms with Crippen LogP contribution in [0.25, 0.3) is 32.8 Å². The standard InChI is InChI=1S/C26H23ClFN3O2S/c1-4-22(33)30-12-14(2)31(15(3)13-30)26-20-11-21(27)23(24(28)25(20)29-34-26)19-10-17(32)9-16-7-5-6-8-18(16)19/h4-11,14-15,32H,1,12-13H2,2-3H3/t14-,15+. The fourth-order valence-corrected chi connectivity index (χ4v) is 6.32. The molecule has 1 saturated heterocycles. The lowest BCUT2D eigenvalue weighted by Crippen LogP contribution is -2.57. The van der Waals surface area contributed by atoms with Crippen molar-refractivity contribution in [2.75, 3.05) is 18.0 Å². The van der Waals surface area contributed by atoms with Crippen LogP contribution in [-0.4, -0.2) is 45.5 Å². The van der Waals surface area contributed by atoms with Crippen molar-refractivity contribution >= 4 is 55.7 Å². The normalized spacial score (nSPS) is 18.6. The van der Waals surface area contributed by atoms with Crippen LogP contribution in [0.2, 0.25) is 5.02 Å². The maximum atomic E-state index is 16.0. The number of hydrogen-bond acceptors (Lipinski definition) is 5. The Hall–Kier alpha value is -3.16. The Bertz CT molecular complexity index is 1440. The van der Waals surface area contributed by atoms with Crippen molar-refractivity contribution in [3.63, 3.8) is 0 Å². The fraction of sp³-hybridized carbons (Fsp3) is 0.231. The van der Waals surface area contributed by atoms with Crippen molar-refractivity contribution in [3.05, 3.63) is 66.0 Å². The zero-order chi connectivity index (χ0) is 24.1. The van der Waals surface area contributed by atoms with Gasteiger partial charge in [0.2, 0.25) is 5.91 Å². The third-order valence-electron chi connectivity index (χ3n) is 6.40. The molecule has 0 bridgehead atoms. The van der Waals surface area contributed by atoms with Gasteiger partial charge in [-0.15, -0.1) is 0 Å². The van der Waals surface area contributed by atoms with Crippen molar-refractivity contribution in [1.82, 2.24) is 9.27 Å². The van der Waals surface area contributed by atoms with Gasteiger partial charge in [-0.1, -0.05) is 42.4 Å². The number of phenolic OH excluding ortho intramolecular Hbond substituents is 1. The molecule has 0 spiro atoms. The molecule has 5 rings (SSSR count). The molecule has 34 heavy (non-hydrogen) atoms. The second-order valence-corrected chi connectivity index (χ2v) is 9.86. The Morgan fingerprint density at radius 3 is 2.62 bits per heavy atom. The SMILES string of the molecule is C=CC(=O)N1C[C@@H](C)N(c2snc3c(F)c(-c4cc(O)cc5ccccc45)c(Cl)cc23)[C@@H](C)C1. The van der Waals surface area contributed by atoms with E-state index < -0.39 is 5.82 Å². The Morgan fingerprint density at radius 1 is 1.21 bits per heavy atom. The van der Waals surface area contributed by atoms with Gasteiger partial charge in [-0.25, -0.2) is 4.39 Å². The molecule has 8 heteroatoms. The number of aromatic hydroxyl groups is 1. The molecule has 3 aromatic carbocycles. The van der Waals surface area contributed by atoms with E-state index in [9.17, 15) is 9.90 Å². The van der Waals surface area contributed by atoms with Gasteiger partial charge < -0.3 is 14.9 Å². The molecule has 1 fully saturated rings. The van der Waals surface area contributed by atoms with Crippen molar-refractivity contribution in [3.8, 4) is 16.9 Å². The van der Waals surface area contributed by atoms with Crippen molar-refractivity contribution in [2.45, 2.75) is 25.9 Å². The molecule has 1 amide bonds. The molecule has 1 aliphatic heterocycles. The molecule has 0 unspecified atom stereocenters. The minimum atomic E-state index is -0.512. The van der Waals surface area contributed by atoms with Crippen molar-refractivity contribution < 1.29 is 14.3 Å². The zero-order valence-corrected chi connectivity index (χ0v) is 20.3. The first-order valence-corrected chi connectivity index (χ1v) is 12.1. The van der Waals surface area contributed by atoms with E-state index >= 15 is 4.39 Å². The maximum absolute atomic E-state index is 16.0. The summed E-state index contributed by atoms with van der Waals surface area (Å²) in [5.74, 6) is -0.566. The van der Waals surface area contributed by atoms with Gasteiger partial charge in [-0.3, -0.25) is 4.79 Å². The van der Waals surface area contributed by atoms with Gasteiger partial charge in [0.05, 0.1) is 5.02 Å². The van der Waals surface area contributed by atoms with E-state index in [0.717, 1.165) is 15.8 Å². The van der Waals surface area contributed by atoms with Gasteiger partial charge in [-0.05, 0) is 66.0 Å². The number of rotatable bonds is 3. The molecule has 4 aromatic rings. The summed E-state index contributed by atoms with van der Waals surface area (Å²) in [6.45, 7) is 8.74. The number of fused-ring (bicyclic) bond motifs is 2. The topological polar surface area (TPSA) is 56.7 Å². The number of aromatic nitrogens is 1. The van der Waals surface area contributed by atoms with E-state index in [1.165, 1.54) is 23.7 Å². The number of piperazine rings is 1. The Labute approximate surface area is 205 Å². The molecule has 5 nitrogen and oxygen atoms in total. The van der Waals surface area contributed by atoms with Crippen LogP contribution in [0.5, 0.6) is 5.75 Å². The van der Waals surface area contributed by atoms with E-state index in [2.05, 4.69) is 15.9 Å². The monoisotopic (exact) mass is 495 g/mol. The van der Waals surface area contributed by atoms with Crippen LogP contribution in [0, 0.1) is 5.82 Å². The van der Waals surface area contributed by atoms with Gasteiger partial charge >= 0.3 is 0 Å². The van der Waals surface area contributed by atoms with E-state index in [1.54, 1.807) is 17.0 Å². The van der Waals surface area contributed by atoms with E-state index in [0.29, 0.717) is 24.0 Å². The largest absolute Gasteiger partial charge is 0.508 e. The summed E-state index contributed by atoms with van der Waals surface area (Å²) in [5.41, 5.74) is 0.990. The number of carbonyl (C=O) groups is 1. The number of benzene rings is 3. The molecule has 1 N–H and O–H groups in total. The Balaban J connectivity index is 1.63. The minimum absolute atomic E-state index is 0.00725. The highest BCUT2D eigenvalue weighted by molar-refractivity contribution is 7.11. The zero-order valence-electron chi connectivity index (χ0n) is 18.8. The molecular weight excluding hydrogens is 473 g/mol. The van der Waals surface area contributed by atoms with E-state index in [1.807, 2.05) is 38.1 Å². The minimum Gasteiger partial charge on any atom is -0.508 e. The highest BCUT2D eigenvalue weighted by Gasteiger charge is 2.34. The van der Waals surface area contributed by atoms with Crippen LogP contribution in [0.4, 0.5) is 9.39 Å². The molecule has 0 saturated carbocycles. The van der Waals surface area contributed by atoms with Crippen LogP contribution in [-0.2, 0) is 4.79 Å². The first kappa shape index (κ1) is 22.6. The van der Waals surface area contributed by atoms with E-state index in [-0.39, 0.29) is 39.8 Å². The Morgan fingerprint density at radius 2 is 1.91 bits per heavy atom. The van der Waals surface area contributed by atoms with Crippen LogP contribution in [0.1, 0.15) is 13.8 Å². The average molecular weight is 496 g/mol. The first-order valence-electron chi connectivity index (χ1n) is 11.0. The van der Waals surface area contributed by atoms with Gasteiger partial charge in [0.25, 0.3) is 0 Å². The predicted molar refractivity (Wildman–Crippen MR) is 137 cm³/mol. The summed E-state index contributed by atoms with van der Waals surface area (Å²) in [6.07, 6.45) is 1.33. The maximum Gasteiger partial charge on any atom is 0.246 e. The lowest BCUT2D eigenvalue weighted by atomic mass is 9.96. The van der Waals surface area contributed by atoms with Gasteiger partial charge in [0.1, 0.15) is 16.3 Å². The number of halogens is 2. The number of anilines is 1. The van der Waals surface area contributed by atoms with Gasteiger partial charge in [0.15, 0.2) is 5.82 Å². The van der Waals surface area contributed by atoms with Gasteiger partial charge in [0, 0.05) is 36.1 Å². The number of amides is 1. The summed E-state index contributed by atoms with van der Waals surface area (Å²) in [7, 11) is 0.